The van der Waals surface area contributed by atoms with Gasteiger partial charge in [-0.15, -0.1) is 0 Å². The van der Waals surface area contributed by atoms with Crippen LogP contribution in [0.5, 0.6) is 5.75 Å². The molecule has 1 aliphatic carbocycles. The number of ether oxygens (including phenoxy) is 1. The zero-order valence-corrected chi connectivity index (χ0v) is 14.4. The van der Waals surface area contributed by atoms with Gasteiger partial charge in [0.25, 0.3) is 5.91 Å². The Balaban J connectivity index is 1.49. The first-order valence-electron chi connectivity index (χ1n) is 9.15. The number of aliphatic hydroxyl groups excluding tert-OH is 1. The van der Waals surface area contributed by atoms with E-state index in [1.54, 1.807) is 12.1 Å². The van der Waals surface area contributed by atoms with E-state index in [0.29, 0.717) is 24.3 Å². The van der Waals surface area contributed by atoms with E-state index in [1.807, 2.05) is 6.07 Å². The zero-order valence-electron chi connectivity index (χ0n) is 14.4. The Morgan fingerprint density at radius 3 is 2.69 bits per heavy atom. The Labute approximate surface area is 151 Å². The second-order valence-electron chi connectivity index (χ2n) is 7.23. The predicted octanol–water partition coefficient (Wildman–Crippen LogP) is 1.13. The van der Waals surface area contributed by atoms with Gasteiger partial charge in [-0.05, 0) is 49.4 Å². The molecule has 1 aromatic rings. The number of imide groups is 1. The molecule has 138 valence electrons. The Kier molecular flexibility index (Phi) is 4.40. The number of hydrogen-bond donors (Lipinski definition) is 2. The zero-order chi connectivity index (χ0) is 18.3. The normalized spacial score (nSPS) is 28.7. The Hall–Kier alpha value is -2.41. The summed E-state index contributed by atoms with van der Waals surface area (Å²) >= 11 is 0. The molecule has 2 aliphatic heterocycles. The summed E-state index contributed by atoms with van der Waals surface area (Å²) in [6, 6.07) is 4.66. The first-order chi connectivity index (χ1) is 12.5. The Morgan fingerprint density at radius 2 is 1.92 bits per heavy atom. The van der Waals surface area contributed by atoms with Gasteiger partial charge < -0.3 is 14.7 Å². The molecule has 0 aromatic heterocycles. The van der Waals surface area contributed by atoms with Crippen LogP contribution in [0.2, 0.25) is 0 Å². The van der Waals surface area contributed by atoms with Crippen LogP contribution in [0, 0.1) is 0 Å². The topological polar surface area (TPSA) is 95.9 Å². The van der Waals surface area contributed by atoms with Crippen molar-refractivity contribution in [2.45, 2.75) is 63.3 Å². The number of amides is 3. The molecule has 1 aromatic carbocycles. The molecule has 3 unspecified atom stereocenters. The van der Waals surface area contributed by atoms with Crippen LogP contribution < -0.4 is 10.1 Å². The van der Waals surface area contributed by atoms with Crippen LogP contribution in [0.25, 0.3) is 0 Å². The average molecular weight is 358 g/mol. The summed E-state index contributed by atoms with van der Waals surface area (Å²) < 4.78 is 5.94. The number of aliphatic hydroxyl groups is 1. The minimum Gasteiger partial charge on any atom is -0.488 e. The van der Waals surface area contributed by atoms with Gasteiger partial charge in [-0.3, -0.25) is 19.7 Å². The Morgan fingerprint density at radius 1 is 1.12 bits per heavy atom. The van der Waals surface area contributed by atoms with Gasteiger partial charge in [-0.25, -0.2) is 0 Å². The summed E-state index contributed by atoms with van der Waals surface area (Å²) in [6.07, 6.45) is 3.53. The monoisotopic (exact) mass is 358 g/mol. The van der Waals surface area contributed by atoms with Crippen molar-refractivity contribution in [1.29, 1.82) is 0 Å². The highest BCUT2D eigenvalue weighted by Gasteiger charge is 2.39. The fraction of sp³-hybridized carbons (Fsp3) is 0.526. The predicted molar refractivity (Wildman–Crippen MR) is 91.4 cm³/mol. The lowest BCUT2D eigenvalue weighted by molar-refractivity contribution is -0.136. The summed E-state index contributed by atoms with van der Waals surface area (Å²) in [5.74, 6) is -0.271. The van der Waals surface area contributed by atoms with E-state index in [1.165, 1.54) is 4.90 Å². The molecule has 2 N–H and O–H groups in total. The lowest BCUT2D eigenvalue weighted by atomic mass is 9.95. The maximum absolute atomic E-state index is 12.7. The molecule has 3 aliphatic rings. The number of piperidine rings is 1. The maximum atomic E-state index is 12.7. The Bertz CT molecular complexity index is 762. The second kappa shape index (κ2) is 6.72. The largest absolute Gasteiger partial charge is 0.488 e. The standard InChI is InChI=1S/C19H22N2O5/c22-15-3-1-2-4-16(15)26-12-5-6-13-11(9-12)10-21(19(13)25)14-7-8-17(23)20-18(14)24/h5-6,9,14-16,22H,1-4,7-8,10H2,(H,20,23,24). The van der Waals surface area contributed by atoms with E-state index in [9.17, 15) is 19.5 Å². The molecule has 0 radical (unpaired) electrons. The van der Waals surface area contributed by atoms with Crippen molar-refractivity contribution in [3.05, 3.63) is 29.3 Å². The third-order valence-electron chi connectivity index (χ3n) is 5.45. The van der Waals surface area contributed by atoms with E-state index in [2.05, 4.69) is 5.32 Å². The van der Waals surface area contributed by atoms with Crippen molar-refractivity contribution in [1.82, 2.24) is 10.2 Å². The first-order valence-corrected chi connectivity index (χ1v) is 9.15. The van der Waals surface area contributed by atoms with Gasteiger partial charge in [0, 0.05) is 18.5 Å². The summed E-state index contributed by atoms with van der Waals surface area (Å²) in [6.45, 7) is 0.324. The molecule has 7 heteroatoms. The van der Waals surface area contributed by atoms with Crippen LogP contribution >= 0.6 is 0 Å². The third-order valence-corrected chi connectivity index (χ3v) is 5.45. The first kappa shape index (κ1) is 17.0. The van der Waals surface area contributed by atoms with E-state index in [-0.39, 0.29) is 24.3 Å². The molecular weight excluding hydrogens is 336 g/mol. The number of benzene rings is 1. The van der Waals surface area contributed by atoms with Crippen molar-refractivity contribution in [3.63, 3.8) is 0 Å². The highest BCUT2D eigenvalue weighted by Crippen LogP contribution is 2.31. The molecule has 3 amide bonds. The fourth-order valence-electron chi connectivity index (χ4n) is 4.01. The van der Waals surface area contributed by atoms with Crippen molar-refractivity contribution < 1.29 is 24.2 Å². The van der Waals surface area contributed by atoms with Crippen LogP contribution in [-0.4, -0.2) is 46.0 Å². The molecule has 2 heterocycles. The van der Waals surface area contributed by atoms with Crippen molar-refractivity contribution in [3.8, 4) is 5.75 Å². The van der Waals surface area contributed by atoms with Crippen LogP contribution in [-0.2, 0) is 16.1 Å². The van der Waals surface area contributed by atoms with E-state index in [4.69, 9.17) is 4.74 Å². The molecule has 7 nitrogen and oxygen atoms in total. The highest BCUT2D eigenvalue weighted by molar-refractivity contribution is 6.05. The fourth-order valence-corrected chi connectivity index (χ4v) is 4.01. The minimum absolute atomic E-state index is 0.196. The number of nitrogens with one attached hydrogen (secondary N) is 1. The quantitative estimate of drug-likeness (QED) is 0.790. The van der Waals surface area contributed by atoms with Crippen molar-refractivity contribution in [2.24, 2.45) is 0 Å². The third kappa shape index (κ3) is 3.07. The van der Waals surface area contributed by atoms with Crippen LogP contribution in [0.15, 0.2) is 18.2 Å². The molecule has 26 heavy (non-hydrogen) atoms. The van der Waals surface area contributed by atoms with Gasteiger partial charge in [0.05, 0.1) is 6.10 Å². The van der Waals surface area contributed by atoms with Gasteiger partial charge in [0.15, 0.2) is 0 Å². The van der Waals surface area contributed by atoms with Crippen molar-refractivity contribution in [2.75, 3.05) is 0 Å². The number of hydrogen-bond acceptors (Lipinski definition) is 5. The van der Waals surface area contributed by atoms with Gasteiger partial charge in [0.1, 0.15) is 17.9 Å². The number of carbonyl (C=O) groups excluding carboxylic acids is 3. The van der Waals surface area contributed by atoms with Gasteiger partial charge >= 0.3 is 0 Å². The van der Waals surface area contributed by atoms with E-state index >= 15 is 0 Å². The molecule has 4 rings (SSSR count). The van der Waals surface area contributed by atoms with E-state index < -0.39 is 18.1 Å². The number of rotatable bonds is 3. The summed E-state index contributed by atoms with van der Waals surface area (Å²) in [7, 11) is 0. The molecule has 3 atom stereocenters. The summed E-state index contributed by atoms with van der Waals surface area (Å²) in [4.78, 5) is 37.6. The van der Waals surface area contributed by atoms with Crippen LogP contribution in [0.1, 0.15) is 54.4 Å². The molecule has 1 saturated carbocycles. The van der Waals surface area contributed by atoms with Gasteiger partial charge in [-0.1, -0.05) is 6.42 Å². The van der Waals surface area contributed by atoms with E-state index in [0.717, 1.165) is 31.2 Å². The molecule has 2 fully saturated rings. The van der Waals surface area contributed by atoms with Crippen LogP contribution in [0.3, 0.4) is 0 Å². The van der Waals surface area contributed by atoms with Gasteiger partial charge in [0.2, 0.25) is 11.8 Å². The van der Waals surface area contributed by atoms with Crippen molar-refractivity contribution >= 4 is 17.7 Å². The maximum Gasteiger partial charge on any atom is 0.255 e. The lowest BCUT2D eigenvalue weighted by Crippen LogP contribution is -2.52. The molecule has 0 spiro atoms. The number of fused-ring (bicyclic) bond motifs is 1. The second-order valence-corrected chi connectivity index (χ2v) is 7.23. The summed E-state index contributed by atoms with van der Waals surface area (Å²) in [5.41, 5.74) is 1.37. The molecular formula is C19H22N2O5. The molecule has 1 saturated heterocycles. The molecule has 0 bridgehead atoms. The highest BCUT2D eigenvalue weighted by atomic mass is 16.5. The van der Waals surface area contributed by atoms with Crippen LogP contribution in [0.4, 0.5) is 0 Å². The lowest BCUT2D eigenvalue weighted by Gasteiger charge is -2.29. The number of carbonyl (C=O) groups is 3. The number of nitrogens with zero attached hydrogens (tertiary/aromatic N) is 1. The van der Waals surface area contributed by atoms with Gasteiger partial charge in [-0.2, -0.15) is 0 Å². The smallest absolute Gasteiger partial charge is 0.255 e. The minimum atomic E-state index is -0.614. The SMILES string of the molecule is O=C1CCC(N2Cc3cc(OC4CCCCC4O)ccc3C2=O)C(=O)N1. The summed E-state index contributed by atoms with van der Waals surface area (Å²) in [5, 5.41) is 12.4. The average Bonchev–Trinajstić information content (AvgIpc) is 2.93.